The van der Waals surface area contributed by atoms with Crippen LogP contribution in [0.3, 0.4) is 0 Å². The summed E-state index contributed by atoms with van der Waals surface area (Å²) in [5.41, 5.74) is 2.40. The van der Waals surface area contributed by atoms with Crippen LogP contribution in [0.1, 0.15) is 10.5 Å². The molecule has 2 aromatic carbocycles. The number of hydrogen-bond donors (Lipinski definition) is 2. The summed E-state index contributed by atoms with van der Waals surface area (Å²) in [6.45, 7) is 2.93. The molecule has 0 aliphatic carbocycles. The molecule has 1 aromatic heterocycles. The Labute approximate surface area is 174 Å². The minimum atomic E-state index is -0.0290. The van der Waals surface area contributed by atoms with Crippen molar-refractivity contribution in [3.8, 4) is 0 Å². The summed E-state index contributed by atoms with van der Waals surface area (Å²) in [7, 11) is 0. The van der Waals surface area contributed by atoms with Gasteiger partial charge in [-0.25, -0.2) is 0 Å². The van der Waals surface area contributed by atoms with Crippen molar-refractivity contribution in [2.24, 2.45) is 0 Å². The van der Waals surface area contributed by atoms with Crippen LogP contribution in [0.4, 0.5) is 5.69 Å². The van der Waals surface area contributed by atoms with Crippen molar-refractivity contribution < 1.29 is 9.59 Å². The molecule has 0 radical (unpaired) electrons. The highest BCUT2D eigenvalue weighted by atomic mass is 32.2. The molecule has 1 aliphatic heterocycles. The first kappa shape index (κ1) is 19.5. The molecule has 1 fully saturated rings. The van der Waals surface area contributed by atoms with E-state index in [0.29, 0.717) is 38.4 Å². The van der Waals surface area contributed by atoms with Gasteiger partial charge in [0.25, 0.3) is 5.91 Å². The Hall–Kier alpha value is -2.77. The molecule has 0 unspecified atom stereocenters. The molecule has 2 N–H and O–H groups in total. The number of anilines is 1. The maximum absolute atomic E-state index is 12.8. The number of H-pyrrole nitrogens is 1. The van der Waals surface area contributed by atoms with Crippen LogP contribution in [-0.2, 0) is 4.79 Å². The number of aromatic nitrogens is 1. The van der Waals surface area contributed by atoms with Gasteiger partial charge in [-0.2, -0.15) is 0 Å². The van der Waals surface area contributed by atoms with Crippen molar-refractivity contribution in [1.82, 2.24) is 14.8 Å². The Kier molecular flexibility index (Phi) is 5.87. The average molecular weight is 409 g/mol. The Morgan fingerprint density at radius 3 is 2.59 bits per heavy atom. The van der Waals surface area contributed by atoms with Gasteiger partial charge in [-0.1, -0.05) is 24.3 Å². The molecule has 2 heterocycles. The molecule has 0 saturated carbocycles. The summed E-state index contributed by atoms with van der Waals surface area (Å²) in [6.07, 6.45) is 2.01. The Morgan fingerprint density at radius 1 is 1.03 bits per heavy atom. The van der Waals surface area contributed by atoms with Gasteiger partial charge in [0.15, 0.2) is 0 Å². The lowest BCUT2D eigenvalue weighted by Crippen LogP contribution is -2.50. The van der Waals surface area contributed by atoms with Crippen molar-refractivity contribution in [1.29, 1.82) is 0 Å². The van der Waals surface area contributed by atoms with E-state index < -0.39 is 0 Å². The molecule has 29 heavy (non-hydrogen) atoms. The number of thioether (sulfide) groups is 1. The number of piperazine rings is 1. The van der Waals surface area contributed by atoms with Crippen LogP contribution in [-0.4, -0.2) is 65.6 Å². The summed E-state index contributed by atoms with van der Waals surface area (Å²) in [5, 5.41) is 4.00. The summed E-state index contributed by atoms with van der Waals surface area (Å²) < 4.78 is 0. The molecule has 4 rings (SSSR count). The maximum atomic E-state index is 12.8. The second-order valence-electron chi connectivity index (χ2n) is 7.12. The molecule has 6 nitrogen and oxygen atoms in total. The van der Waals surface area contributed by atoms with Gasteiger partial charge in [-0.15, -0.1) is 11.8 Å². The third-order valence-corrected chi connectivity index (χ3v) is 5.87. The van der Waals surface area contributed by atoms with Gasteiger partial charge in [0.1, 0.15) is 5.69 Å². The predicted molar refractivity (Wildman–Crippen MR) is 117 cm³/mol. The van der Waals surface area contributed by atoms with Gasteiger partial charge in [-0.3, -0.25) is 14.5 Å². The van der Waals surface area contributed by atoms with E-state index in [9.17, 15) is 9.59 Å². The number of nitrogens with zero attached hydrogens (tertiary/aromatic N) is 2. The molecule has 0 spiro atoms. The van der Waals surface area contributed by atoms with E-state index in [-0.39, 0.29) is 11.8 Å². The van der Waals surface area contributed by atoms with Gasteiger partial charge in [0.05, 0.1) is 6.54 Å². The molecular formula is C22H24N4O2S. The maximum Gasteiger partial charge on any atom is 0.270 e. The van der Waals surface area contributed by atoms with Crippen molar-refractivity contribution in [3.05, 3.63) is 60.3 Å². The first-order chi connectivity index (χ1) is 14.1. The smallest absolute Gasteiger partial charge is 0.270 e. The molecule has 1 saturated heterocycles. The zero-order valence-electron chi connectivity index (χ0n) is 16.4. The van der Waals surface area contributed by atoms with Crippen molar-refractivity contribution in [3.63, 3.8) is 0 Å². The van der Waals surface area contributed by atoms with Gasteiger partial charge < -0.3 is 15.2 Å². The third kappa shape index (κ3) is 4.63. The van der Waals surface area contributed by atoms with Crippen LogP contribution in [0.25, 0.3) is 10.9 Å². The monoisotopic (exact) mass is 408 g/mol. The molecule has 0 atom stereocenters. The second-order valence-corrected chi connectivity index (χ2v) is 8.00. The first-order valence-electron chi connectivity index (χ1n) is 9.65. The van der Waals surface area contributed by atoms with E-state index in [1.54, 1.807) is 11.8 Å². The molecule has 7 heteroatoms. The number of fused-ring (bicyclic) bond motifs is 1. The van der Waals surface area contributed by atoms with E-state index in [4.69, 9.17) is 0 Å². The number of hydrogen-bond acceptors (Lipinski definition) is 4. The van der Waals surface area contributed by atoms with Crippen LogP contribution in [0.2, 0.25) is 0 Å². The number of benzene rings is 2. The van der Waals surface area contributed by atoms with Crippen LogP contribution >= 0.6 is 11.8 Å². The zero-order valence-corrected chi connectivity index (χ0v) is 17.2. The largest absolute Gasteiger partial charge is 0.351 e. The van der Waals surface area contributed by atoms with Crippen molar-refractivity contribution in [2.45, 2.75) is 4.90 Å². The Morgan fingerprint density at radius 2 is 1.83 bits per heavy atom. The minimum Gasteiger partial charge on any atom is -0.351 e. The lowest BCUT2D eigenvalue weighted by molar-refractivity contribution is -0.117. The van der Waals surface area contributed by atoms with E-state index in [1.165, 1.54) is 0 Å². The van der Waals surface area contributed by atoms with E-state index in [1.807, 2.05) is 65.8 Å². The fraction of sp³-hybridized carbons (Fsp3) is 0.273. The van der Waals surface area contributed by atoms with Crippen LogP contribution < -0.4 is 5.32 Å². The summed E-state index contributed by atoms with van der Waals surface area (Å²) >= 11 is 1.65. The predicted octanol–water partition coefficient (Wildman–Crippen LogP) is 3.29. The highest BCUT2D eigenvalue weighted by molar-refractivity contribution is 7.98. The Balaban J connectivity index is 1.29. The lowest BCUT2D eigenvalue weighted by atomic mass is 10.2. The molecule has 3 aromatic rings. The normalized spacial score (nSPS) is 14.9. The summed E-state index contributed by atoms with van der Waals surface area (Å²) in [4.78, 5) is 33.4. The van der Waals surface area contributed by atoms with Crippen molar-refractivity contribution >= 4 is 40.2 Å². The molecule has 2 amide bonds. The first-order valence-corrected chi connectivity index (χ1v) is 10.9. The number of amides is 2. The second kappa shape index (κ2) is 8.71. The summed E-state index contributed by atoms with van der Waals surface area (Å²) in [6, 6.07) is 17.6. The van der Waals surface area contributed by atoms with Crippen molar-refractivity contribution in [2.75, 3.05) is 44.3 Å². The number of nitrogens with one attached hydrogen (secondary N) is 2. The number of carbonyl (C=O) groups excluding carboxylic acids is 2. The molecule has 1 aliphatic rings. The average Bonchev–Trinajstić information content (AvgIpc) is 3.18. The number of para-hydroxylation sites is 1. The summed E-state index contributed by atoms with van der Waals surface area (Å²) in [5.74, 6) is -0.0159. The van der Waals surface area contributed by atoms with Gasteiger partial charge in [-0.05, 0) is 36.6 Å². The van der Waals surface area contributed by atoms with Crippen LogP contribution in [0, 0.1) is 0 Å². The van der Waals surface area contributed by atoms with Gasteiger partial charge >= 0.3 is 0 Å². The standard InChI is InChI=1S/C22H24N4O2S/c1-29-18-7-4-6-17(14-18)23-21(27)15-25-9-11-26(12-10-25)22(28)20-13-16-5-2-3-8-19(16)24-20/h2-8,13-14,24H,9-12,15H2,1H3,(H,23,27). The van der Waals surface area contributed by atoms with Crippen LogP contribution in [0.5, 0.6) is 0 Å². The zero-order chi connectivity index (χ0) is 20.2. The topological polar surface area (TPSA) is 68.4 Å². The number of aromatic amines is 1. The fourth-order valence-electron chi connectivity index (χ4n) is 3.57. The fourth-order valence-corrected chi connectivity index (χ4v) is 4.03. The van der Waals surface area contributed by atoms with Gasteiger partial charge in [0.2, 0.25) is 5.91 Å². The van der Waals surface area contributed by atoms with E-state index in [0.717, 1.165) is 21.5 Å². The van der Waals surface area contributed by atoms with E-state index in [2.05, 4.69) is 15.2 Å². The minimum absolute atomic E-state index is 0.0131. The molecular weight excluding hydrogens is 384 g/mol. The van der Waals surface area contributed by atoms with E-state index >= 15 is 0 Å². The lowest BCUT2D eigenvalue weighted by Gasteiger charge is -2.34. The molecule has 150 valence electrons. The third-order valence-electron chi connectivity index (χ3n) is 5.14. The number of carbonyl (C=O) groups is 2. The number of rotatable bonds is 5. The van der Waals surface area contributed by atoms with Gasteiger partial charge in [0, 0.05) is 47.7 Å². The molecule has 0 bridgehead atoms. The highest BCUT2D eigenvalue weighted by Crippen LogP contribution is 2.19. The quantitative estimate of drug-likeness (QED) is 0.636. The Bertz CT molecular complexity index is 991. The SMILES string of the molecule is CSc1cccc(NC(=O)CN2CCN(C(=O)c3cc4ccccc4[nH]3)CC2)c1. The van der Waals surface area contributed by atoms with Crippen LogP contribution in [0.15, 0.2) is 59.5 Å². The highest BCUT2D eigenvalue weighted by Gasteiger charge is 2.24.